The quantitative estimate of drug-likeness (QED) is 0.750. The molecule has 0 aromatic heterocycles. The molecule has 112 valence electrons. The van der Waals surface area contributed by atoms with Gasteiger partial charge in [0.25, 0.3) is 0 Å². The smallest absolute Gasteiger partial charge is 0.184 e. The van der Waals surface area contributed by atoms with Crippen molar-refractivity contribution in [2.24, 2.45) is 17.8 Å². The van der Waals surface area contributed by atoms with Gasteiger partial charge in [0, 0.05) is 5.92 Å². The second kappa shape index (κ2) is 4.59. The van der Waals surface area contributed by atoms with Crippen molar-refractivity contribution in [3.8, 4) is 0 Å². The van der Waals surface area contributed by atoms with Gasteiger partial charge < -0.3 is 4.74 Å². The fraction of sp³-hybridized carbons (Fsp3) is 1.00. The number of fused-ring (bicyclic) bond motifs is 2. The van der Waals surface area contributed by atoms with E-state index in [0.29, 0.717) is 5.92 Å². The minimum atomic E-state index is -2.08. The number of ether oxygens (including phenoxy) is 1. The van der Waals surface area contributed by atoms with Gasteiger partial charge >= 0.3 is 0 Å². The summed E-state index contributed by atoms with van der Waals surface area (Å²) in [4.78, 5) is 0. The van der Waals surface area contributed by atoms with Crippen LogP contribution in [-0.2, 0) is 4.74 Å². The lowest BCUT2D eigenvalue weighted by molar-refractivity contribution is -0.101. The zero-order valence-electron chi connectivity index (χ0n) is 12.5. The molecule has 0 heterocycles. The molecule has 6 unspecified atom stereocenters. The van der Waals surface area contributed by atoms with Crippen LogP contribution in [0.15, 0.2) is 0 Å². The van der Waals surface area contributed by atoms with Gasteiger partial charge in [-0.15, -0.1) is 12.6 Å². The molecule has 0 radical (unpaired) electrons. The number of hydrogen-bond acceptors (Lipinski definition) is 2. The Labute approximate surface area is 120 Å². The Balaban J connectivity index is 2.04. The average molecular weight is 292 g/mol. The third kappa shape index (κ3) is 2.94. The molecule has 4 heteroatoms. The van der Waals surface area contributed by atoms with Crippen LogP contribution < -0.4 is 0 Å². The van der Waals surface area contributed by atoms with Crippen molar-refractivity contribution in [1.82, 2.24) is 0 Å². The van der Waals surface area contributed by atoms with Crippen molar-refractivity contribution in [1.29, 1.82) is 0 Å². The van der Waals surface area contributed by atoms with E-state index in [-0.39, 0.29) is 23.5 Å². The van der Waals surface area contributed by atoms with Crippen LogP contribution in [0.2, 0.25) is 0 Å². The summed E-state index contributed by atoms with van der Waals surface area (Å²) in [6.45, 7) is 8.72. The van der Waals surface area contributed by atoms with Crippen LogP contribution in [0, 0.1) is 17.8 Å². The fourth-order valence-electron chi connectivity index (χ4n) is 3.82. The molecule has 2 aliphatic rings. The van der Waals surface area contributed by atoms with Crippen molar-refractivity contribution in [2.75, 3.05) is 0 Å². The van der Waals surface area contributed by atoms with Crippen LogP contribution in [0.25, 0.3) is 0 Å². The highest BCUT2D eigenvalue weighted by Crippen LogP contribution is 2.57. The van der Waals surface area contributed by atoms with Crippen molar-refractivity contribution in [3.63, 3.8) is 0 Å². The molecule has 0 aliphatic heterocycles. The standard InChI is InChI=1S/C15H26F2OS/c1-13(2,3)18-12-8-9-6-10(12)7-11(9)14(4,16)15(5,17)19/h9-12,19H,6-8H2,1-5H3. The molecule has 6 atom stereocenters. The van der Waals surface area contributed by atoms with Crippen LogP contribution in [0.1, 0.15) is 53.9 Å². The van der Waals surface area contributed by atoms with Gasteiger partial charge in [-0.3, -0.25) is 0 Å². The van der Waals surface area contributed by atoms with E-state index < -0.39 is 10.7 Å². The van der Waals surface area contributed by atoms with E-state index in [1.54, 1.807) is 0 Å². The summed E-state index contributed by atoms with van der Waals surface area (Å²) in [6, 6.07) is 0. The first kappa shape index (κ1) is 15.6. The van der Waals surface area contributed by atoms with Gasteiger partial charge in [-0.05, 0) is 65.7 Å². The van der Waals surface area contributed by atoms with Crippen molar-refractivity contribution >= 4 is 12.6 Å². The Hall–Kier alpha value is 0.170. The second-order valence-electron chi connectivity index (χ2n) is 7.63. The second-order valence-corrected chi connectivity index (χ2v) is 8.47. The summed E-state index contributed by atoms with van der Waals surface area (Å²) >= 11 is 3.82. The molecule has 0 spiro atoms. The molecule has 2 bridgehead atoms. The number of halogens is 2. The molecule has 0 N–H and O–H groups in total. The first-order valence-electron chi connectivity index (χ1n) is 7.20. The monoisotopic (exact) mass is 292 g/mol. The van der Waals surface area contributed by atoms with E-state index in [1.807, 2.05) is 20.8 Å². The van der Waals surface area contributed by atoms with Crippen molar-refractivity contribution < 1.29 is 13.5 Å². The first-order chi connectivity index (χ1) is 8.42. The number of rotatable bonds is 3. The summed E-state index contributed by atoms with van der Waals surface area (Å²) in [5.41, 5.74) is -2.04. The Morgan fingerprint density at radius 2 is 1.53 bits per heavy atom. The molecular weight excluding hydrogens is 266 g/mol. The molecule has 19 heavy (non-hydrogen) atoms. The predicted molar refractivity (Wildman–Crippen MR) is 77.0 cm³/mol. The third-order valence-corrected chi connectivity index (χ3v) is 5.32. The average Bonchev–Trinajstić information content (AvgIpc) is 2.71. The Bertz CT molecular complexity index is 343. The van der Waals surface area contributed by atoms with E-state index in [9.17, 15) is 8.78 Å². The molecule has 0 aromatic rings. The Morgan fingerprint density at radius 3 is 1.89 bits per heavy atom. The van der Waals surface area contributed by atoms with E-state index in [4.69, 9.17) is 4.74 Å². The van der Waals surface area contributed by atoms with E-state index in [2.05, 4.69) is 12.6 Å². The molecule has 2 rings (SSSR count). The predicted octanol–water partition coefficient (Wildman–Crippen LogP) is 4.56. The first-order valence-corrected chi connectivity index (χ1v) is 7.64. The molecule has 2 fully saturated rings. The lowest BCUT2D eigenvalue weighted by Crippen LogP contribution is -2.48. The van der Waals surface area contributed by atoms with Gasteiger partial charge in [0.1, 0.15) is 0 Å². The van der Waals surface area contributed by atoms with Crippen LogP contribution in [0.4, 0.5) is 8.78 Å². The maximum absolute atomic E-state index is 14.7. The zero-order valence-corrected chi connectivity index (χ0v) is 13.4. The van der Waals surface area contributed by atoms with E-state index in [1.165, 1.54) is 13.8 Å². The summed E-state index contributed by atoms with van der Waals surface area (Å²) in [5, 5.41) is -2.08. The summed E-state index contributed by atoms with van der Waals surface area (Å²) < 4.78 is 34.7. The van der Waals surface area contributed by atoms with E-state index in [0.717, 1.165) is 19.3 Å². The van der Waals surface area contributed by atoms with Gasteiger partial charge in [-0.25, -0.2) is 8.78 Å². The highest BCUT2D eigenvalue weighted by molar-refractivity contribution is 7.81. The molecule has 0 saturated heterocycles. The van der Waals surface area contributed by atoms with Crippen molar-refractivity contribution in [2.45, 2.75) is 76.3 Å². The maximum Gasteiger partial charge on any atom is 0.184 e. The summed E-state index contributed by atoms with van der Waals surface area (Å²) in [7, 11) is 0. The molecule has 2 saturated carbocycles. The van der Waals surface area contributed by atoms with Gasteiger partial charge in [-0.2, -0.15) is 0 Å². The molecule has 0 aromatic carbocycles. The van der Waals surface area contributed by atoms with Crippen LogP contribution in [0.3, 0.4) is 0 Å². The fourth-order valence-corrected chi connectivity index (χ4v) is 3.99. The molecule has 2 aliphatic carbocycles. The summed E-state index contributed by atoms with van der Waals surface area (Å²) in [5.74, 6) is 0.374. The number of hydrogen-bond donors (Lipinski definition) is 1. The SMILES string of the molecule is CC(C)(C)OC1CC2CC1CC2C(C)(F)C(C)(F)S. The maximum atomic E-state index is 14.7. The zero-order chi connectivity index (χ0) is 14.6. The Kier molecular flexibility index (Phi) is 3.76. The molecule has 0 amide bonds. The minimum absolute atomic E-state index is 0.165. The lowest BCUT2D eigenvalue weighted by atomic mass is 9.75. The van der Waals surface area contributed by atoms with Gasteiger partial charge in [0.2, 0.25) is 0 Å². The highest BCUT2D eigenvalue weighted by Gasteiger charge is 2.59. The lowest BCUT2D eigenvalue weighted by Gasteiger charge is -2.41. The van der Waals surface area contributed by atoms with Crippen LogP contribution >= 0.6 is 12.6 Å². The number of alkyl halides is 2. The van der Waals surface area contributed by atoms with Crippen LogP contribution in [0.5, 0.6) is 0 Å². The van der Waals surface area contributed by atoms with Gasteiger partial charge in [-0.1, -0.05) is 0 Å². The summed E-state index contributed by atoms with van der Waals surface area (Å²) in [6.07, 6.45) is 2.76. The van der Waals surface area contributed by atoms with Crippen molar-refractivity contribution in [3.05, 3.63) is 0 Å². The minimum Gasteiger partial charge on any atom is -0.372 e. The largest absolute Gasteiger partial charge is 0.372 e. The van der Waals surface area contributed by atoms with E-state index >= 15 is 0 Å². The Morgan fingerprint density at radius 1 is 0.947 bits per heavy atom. The topological polar surface area (TPSA) is 9.23 Å². The number of thiol groups is 1. The normalized spacial score (nSPS) is 41.1. The third-order valence-electron chi connectivity index (χ3n) is 4.89. The van der Waals surface area contributed by atoms with Gasteiger partial charge in [0.05, 0.1) is 11.7 Å². The molecular formula is C15H26F2OS. The van der Waals surface area contributed by atoms with Crippen LogP contribution in [-0.4, -0.2) is 22.4 Å². The highest BCUT2D eigenvalue weighted by atomic mass is 32.1. The van der Waals surface area contributed by atoms with Gasteiger partial charge in [0.15, 0.2) is 10.7 Å². The molecule has 1 nitrogen and oxygen atoms in total.